The summed E-state index contributed by atoms with van der Waals surface area (Å²) in [7, 11) is 0. The maximum atomic E-state index is 12.7. The van der Waals surface area contributed by atoms with Crippen molar-refractivity contribution in [1.82, 2.24) is 0 Å². The lowest BCUT2D eigenvalue weighted by atomic mass is 9.79. The zero-order valence-corrected chi connectivity index (χ0v) is 12.0. The molecule has 0 N–H and O–H groups in total. The van der Waals surface area contributed by atoms with Crippen LogP contribution in [0.1, 0.15) is 37.8 Å². The van der Waals surface area contributed by atoms with E-state index in [-0.39, 0.29) is 12.1 Å². The molecule has 3 rings (SSSR count). The van der Waals surface area contributed by atoms with Crippen LogP contribution in [0.4, 0.5) is 0 Å². The number of rotatable bonds is 4. The number of carbonyl (C=O) groups excluding carboxylic acids is 1. The number of ether oxygens (including phenoxy) is 2. The van der Waals surface area contributed by atoms with Crippen molar-refractivity contribution >= 4 is 11.4 Å². The molecule has 3 heteroatoms. The van der Waals surface area contributed by atoms with Crippen LogP contribution in [0.15, 0.2) is 30.3 Å². The van der Waals surface area contributed by atoms with Crippen molar-refractivity contribution in [2.45, 2.75) is 38.4 Å². The summed E-state index contributed by atoms with van der Waals surface area (Å²) in [5.74, 6) is 0.237. The second-order valence-electron chi connectivity index (χ2n) is 5.71. The molecule has 1 aliphatic heterocycles. The van der Waals surface area contributed by atoms with Crippen LogP contribution in [-0.4, -0.2) is 25.3 Å². The maximum absolute atomic E-state index is 12.7. The Balaban J connectivity index is 1.77. The number of fused-ring (bicyclic) bond motifs is 1. The number of hydrogen-bond acceptors (Lipinski definition) is 3. The van der Waals surface area contributed by atoms with Gasteiger partial charge in [-0.2, -0.15) is 0 Å². The third kappa shape index (κ3) is 2.21. The summed E-state index contributed by atoms with van der Waals surface area (Å²) < 4.78 is 10.8. The highest BCUT2D eigenvalue weighted by Gasteiger charge is 2.38. The number of allylic oxidation sites excluding steroid dienone is 2. The normalized spacial score (nSPS) is 25.6. The Morgan fingerprint density at radius 2 is 2.00 bits per heavy atom. The van der Waals surface area contributed by atoms with Gasteiger partial charge in [-0.25, -0.2) is 0 Å². The van der Waals surface area contributed by atoms with Gasteiger partial charge < -0.3 is 9.47 Å². The highest BCUT2D eigenvalue weighted by Crippen LogP contribution is 2.41. The van der Waals surface area contributed by atoms with Gasteiger partial charge in [-0.15, -0.1) is 0 Å². The summed E-state index contributed by atoms with van der Waals surface area (Å²) in [4.78, 5) is 12.7. The topological polar surface area (TPSA) is 35.5 Å². The van der Waals surface area contributed by atoms with Gasteiger partial charge in [-0.3, -0.25) is 4.79 Å². The van der Waals surface area contributed by atoms with Crippen LogP contribution >= 0.6 is 0 Å². The largest absolute Gasteiger partial charge is 0.350 e. The Labute approximate surface area is 119 Å². The molecule has 1 fully saturated rings. The quantitative estimate of drug-likeness (QED) is 0.845. The molecular weight excluding hydrogens is 252 g/mol. The Bertz CT molecular complexity index is 555. The van der Waals surface area contributed by atoms with Crippen molar-refractivity contribution < 1.29 is 14.3 Å². The van der Waals surface area contributed by atoms with E-state index in [1.165, 1.54) is 11.1 Å². The molecule has 1 atom stereocenters. The van der Waals surface area contributed by atoms with Gasteiger partial charge in [0.25, 0.3) is 0 Å². The Morgan fingerprint density at radius 1 is 1.30 bits per heavy atom. The summed E-state index contributed by atoms with van der Waals surface area (Å²) in [6.07, 6.45) is 3.02. The van der Waals surface area contributed by atoms with E-state index < -0.39 is 5.41 Å². The number of carbonyl (C=O) groups is 1. The lowest BCUT2D eigenvalue weighted by Crippen LogP contribution is -2.29. The Morgan fingerprint density at radius 3 is 2.75 bits per heavy atom. The molecule has 0 spiro atoms. The van der Waals surface area contributed by atoms with E-state index in [4.69, 9.17) is 9.47 Å². The van der Waals surface area contributed by atoms with E-state index >= 15 is 0 Å². The first-order valence-corrected chi connectivity index (χ1v) is 7.17. The van der Waals surface area contributed by atoms with E-state index in [1.54, 1.807) is 0 Å². The minimum Gasteiger partial charge on any atom is -0.350 e. The van der Waals surface area contributed by atoms with Crippen LogP contribution in [-0.2, 0) is 19.7 Å². The SMILES string of the molecule is CC1=CC(C)(C(=O)CCC2OCCO2)c2ccccc21. The van der Waals surface area contributed by atoms with Gasteiger partial charge in [0.05, 0.1) is 18.6 Å². The summed E-state index contributed by atoms with van der Waals surface area (Å²) in [6, 6.07) is 8.16. The van der Waals surface area contributed by atoms with Crippen LogP contribution in [0, 0.1) is 0 Å². The van der Waals surface area contributed by atoms with Gasteiger partial charge in [-0.05, 0) is 30.5 Å². The summed E-state index contributed by atoms with van der Waals surface area (Å²) in [5, 5.41) is 0. The molecule has 1 saturated heterocycles. The second kappa shape index (κ2) is 5.15. The van der Waals surface area contributed by atoms with Gasteiger partial charge in [0.1, 0.15) is 5.78 Å². The standard InChI is InChI=1S/C17H20O3/c1-12-11-17(2,14-6-4-3-5-13(12)14)15(18)7-8-16-19-9-10-20-16/h3-6,11,16H,7-10H2,1-2H3. The highest BCUT2D eigenvalue weighted by molar-refractivity contribution is 5.98. The predicted octanol–water partition coefficient (Wildman–Crippen LogP) is 3.08. The molecule has 3 nitrogen and oxygen atoms in total. The third-order valence-electron chi connectivity index (χ3n) is 4.29. The van der Waals surface area contributed by atoms with E-state index in [0.29, 0.717) is 26.1 Å². The number of hydrogen-bond donors (Lipinski definition) is 0. The molecule has 0 bridgehead atoms. The average molecular weight is 272 g/mol. The number of ketones is 1. The lowest BCUT2D eigenvalue weighted by Gasteiger charge is -2.23. The number of Topliss-reactive ketones (excluding diaryl/α,β-unsaturated/α-hetero) is 1. The summed E-state index contributed by atoms with van der Waals surface area (Å²) in [6.45, 7) is 5.36. The van der Waals surface area contributed by atoms with Crippen LogP contribution in [0.2, 0.25) is 0 Å². The van der Waals surface area contributed by atoms with Crippen molar-refractivity contribution in [3.63, 3.8) is 0 Å². The molecule has 0 radical (unpaired) electrons. The van der Waals surface area contributed by atoms with E-state index in [1.807, 2.05) is 19.1 Å². The minimum atomic E-state index is -0.501. The molecule has 2 aliphatic rings. The Hall–Kier alpha value is -1.45. The van der Waals surface area contributed by atoms with Crippen molar-refractivity contribution in [3.05, 3.63) is 41.5 Å². The zero-order chi connectivity index (χ0) is 14.2. The molecular formula is C17H20O3. The monoisotopic (exact) mass is 272 g/mol. The highest BCUT2D eigenvalue weighted by atomic mass is 16.7. The van der Waals surface area contributed by atoms with Crippen LogP contribution in [0.25, 0.3) is 5.57 Å². The third-order valence-corrected chi connectivity index (χ3v) is 4.29. The minimum absolute atomic E-state index is 0.204. The Kier molecular flexibility index (Phi) is 3.48. The van der Waals surface area contributed by atoms with Crippen molar-refractivity contribution in [3.8, 4) is 0 Å². The zero-order valence-electron chi connectivity index (χ0n) is 12.0. The molecule has 1 aliphatic carbocycles. The van der Waals surface area contributed by atoms with Crippen molar-refractivity contribution in [2.24, 2.45) is 0 Å². The maximum Gasteiger partial charge on any atom is 0.158 e. The van der Waals surface area contributed by atoms with Gasteiger partial charge in [0.2, 0.25) is 0 Å². The van der Waals surface area contributed by atoms with Gasteiger partial charge >= 0.3 is 0 Å². The fourth-order valence-electron chi connectivity index (χ4n) is 3.18. The predicted molar refractivity (Wildman–Crippen MR) is 77.4 cm³/mol. The first kappa shape index (κ1) is 13.5. The van der Waals surface area contributed by atoms with Crippen molar-refractivity contribution in [1.29, 1.82) is 0 Å². The van der Waals surface area contributed by atoms with E-state index in [9.17, 15) is 4.79 Å². The number of benzene rings is 1. The van der Waals surface area contributed by atoms with Gasteiger partial charge in [0, 0.05) is 12.8 Å². The van der Waals surface area contributed by atoms with Crippen LogP contribution in [0.3, 0.4) is 0 Å². The molecule has 1 unspecified atom stereocenters. The molecule has 0 saturated carbocycles. The fourth-order valence-corrected chi connectivity index (χ4v) is 3.18. The summed E-state index contributed by atoms with van der Waals surface area (Å²) in [5.41, 5.74) is 3.00. The molecule has 0 aromatic heterocycles. The fraction of sp³-hybridized carbons (Fsp3) is 0.471. The van der Waals surface area contributed by atoms with E-state index in [0.717, 1.165) is 5.56 Å². The smallest absolute Gasteiger partial charge is 0.158 e. The van der Waals surface area contributed by atoms with Gasteiger partial charge in [-0.1, -0.05) is 30.3 Å². The molecule has 20 heavy (non-hydrogen) atoms. The molecule has 106 valence electrons. The summed E-state index contributed by atoms with van der Waals surface area (Å²) >= 11 is 0. The molecule has 1 aromatic carbocycles. The van der Waals surface area contributed by atoms with E-state index in [2.05, 4.69) is 25.1 Å². The second-order valence-corrected chi connectivity index (χ2v) is 5.71. The lowest BCUT2D eigenvalue weighted by molar-refractivity contribution is -0.124. The van der Waals surface area contributed by atoms with Crippen LogP contribution in [0.5, 0.6) is 0 Å². The average Bonchev–Trinajstić information content (AvgIpc) is 3.05. The molecule has 0 amide bonds. The molecule has 1 aromatic rings. The molecule has 1 heterocycles. The first-order chi connectivity index (χ1) is 9.61. The van der Waals surface area contributed by atoms with Gasteiger partial charge in [0.15, 0.2) is 6.29 Å². The first-order valence-electron chi connectivity index (χ1n) is 7.17. The van der Waals surface area contributed by atoms with Crippen molar-refractivity contribution in [2.75, 3.05) is 13.2 Å². The van der Waals surface area contributed by atoms with Crippen LogP contribution < -0.4 is 0 Å².